The maximum absolute atomic E-state index is 12.5. The van der Waals surface area contributed by atoms with Gasteiger partial charge < -0.3 is 37.9 Å². The van der Waals surface area contributed by atoms with Gasteiger partial charge in [0.15, 0.2) is 13.2 Å². The van der Waals surface area contributed by atoms with Gasteiger partial charge in [0, 0.05) is 0 Å². The van der Waals surface area contributed by atoms with Gasteiger partial charge in [-0.2, -0.15) is 0 Å². The molecule has 0 amide bonds. The first kappa shape index (κ1) is 75.5. The third-order valence-electron chi connectivity index (χ3n) is 23.4. The van der Waals surface area contributed by atoms with Crippen molar-refractivity contribution in [2.75, 3.05) is 26.4 Å². The van der Waals surface area contributed by atoms with Gasteiger partial charge in [-0.25, -0.2) is 9.59 Å². The van der Waals surface area contributed by atoms with E-state index >= 15 is 0 Å². The smallest absolute Gasteiger partial charge is 0.344 e. The first-order valence-corrected chi connectivity index (χ1v) is 35.4. The van der Waals surface area contributed by atoms with Crippen molar-refractivity contribution in [3.05, 3.63) is 0 Å². The van der Waals surface area contributed by atoms with E-state index in [1.165, 1.54) is 70.6 Å². The quantitative estimate of drug-likeness (QED) is 0.0582. The lowest BCUT2D eigenvalue weighted by Crippen LogP contribution is -2.59. The Hall–Kier alpha value is -4.24. The number of esters is 8. The van der Waals surface area contributed by atoms with Gasteiger partial charge in [0.05, 0.1) is 34.5 Å². The summed E-state index contributed by atoms with van der Waals surface area (Å²) in [6.07, 6.45) is 28.5. The van der Waals surface area contributed by atoms with Crippen LogP contribution in [0.3, 0.4) is 0 Å². The van der Waals surface area contributed by atoms with Crippen molar-refractivity contribution in [1.82, 2.24) is 0 Å². The standard InChI is InChI=1S/C21H34O4.C20H32O4.2C16H28O4/c1-5-20(3,4)19(23)24-8-7-18(22)25-21(6-2)16-10-14-9-15(12-16)13-17(21)11-14;1-5-19(3,4)18(22)23-12-17(21)24-20(6-2)15-8-13-7-14(10-15)11-16(20)9-13;1-5-15(3,4)14(18)19-12-9-13(17)20-16(6-2)10-7-8-11-16;1-5-15(3,4)14(18)19-12-13(17)20-16(6-2)10-8-7-9-11-16/h14-17H,5-13H2,1-4H3;13-16H,5-12H2,1-4H3;2*5-12H2,1-4H3. The molecule has 10 fully saturated rings. The number of rotatable bonds is 26. The number of hydrogen-bond donors (Lipinski definition) is 0. The van der Waals surface area contributed by atoms with Gasteiger partial charge in [-0.1, -0.05) is 61.8 Å². The SMILES string of the molecule is CCC(C)(C)C(=O)OCC(=O)OC1(CC)C2CC3CC(C2)CC1C3.CCC(C)(C)C(=O)OCCC(=O)OC1(CC)C2CC3CC(C2)CC1C3.CCC1(OC(=O)CCOC(=O)C(C)(C)CC)CCCC1.CCC1(OC(=O)COC(=O)C(C)(C)CC)CCCCC1. The molecule has 10 aliphatic rings. The predicted molar refractivity (Wildman–Crippen MR) is 341 cm³/mol. The van der Waals surface area contributed by atoms with Crippen molar-refractivity contribution in [2.45, 2.75) is 319 Å². The van der Waals surface area contributed by atoms with Crippen LogP contribution < -0.4 is 0 Å². The number of carbonyl (C=O) groups excluding carboxylic acids is 8. The van der Waals surface area contributed by atoms with E-state index in [0.29, 0.717) is 36.5 Å². The van der Waals surface area contributed by atoms with Crippen molar-refractivity contribution < 1.29 is 76.3 Å². The van der Waals surface area contributed by atoms with Gasteiger partial charge in [0.1, 0.15) is 35.6 Å². The summed E-state index contributed by atoms with van der Waals surface area (Å²) in [5, 5.41) is 0. The molecule has 0 N–H and O–H groups in total. The maximum atomic E-state index is 12.5. The summed E-state index contributed by atoms with van der Waals surface area (Å²) in [5.74, 6) is 3.10. The minimum atomic E-state index is -0.550. The molecule has 8 bridgehead atoms. The molecule has 0 aliphatic heterocycles. The minimum Gasteiger partial charge on any atom is -0.465 e. The third kappa shape index (κ3) is 19.7. The van der Waals surface area contributed by atoms with Crippen molar-refractivity contribution in [1.29, 1.82) is 0 Å². The van der Waals surface area contributed by atoms with Crippen molar-refractivity contribution in [3.63, 3.8) is 0 Å². The second-order valence-corrected chi connectivity index (χ2v) is 30.8. The summed E-state index contributed by atoms with van der Waals surface area (Å²) in [6, 6.07) is 0. The van der Waals surface area contributed by atoms with E-state index in [-0.39, 0.29) is 103 Å². The number of hydrogen-bond acceptors (Lipinski definition) is 16. The molecule has 16 nitrogen and oxygen atoms in total. The Morgan fingerprint density at radius 3 is 0.876 bits per heavy atom. The van der Waals surface area contributed by atoms with Crippen LogP contribution >= 0.6 is 0 Å². The normalized spacial score (nSPS) is 28.4. The Bertz CT molecular complexity index is 2290. The van der Waals surface area contributed by atoms with Crippen molar-refractivity contribution in [2.24, 2.45) is 69.0 Å². The van der Waals surface area contributed by atoms with E-state index in [2.05, 4.69) is 20.8 Å². The van der Waals surface area contributed by atoms with E-state index in [1.54, 1.807) is 0 Å². The molecular formula is C73H122O16. The van der Waals surface area contributed by atoms with Crippen LogP contribution in [0.4, 0.5) is 0 Å². The zero-order chi connectivity index (χ0) is 66.2. The molecule has 10 aliphatic carbocycles. The molecule has 510 valence electrons. The summed E-state index contributed by atoms with van der Waals surface area (Å²) < 4.78 is 44.2. The Morgan fingerprint density at radius 1 is 0.326 bits per heavy atom. The Kier molecular flexibility index (Phi) is 27.6. The van der Waals surface area contributed by atoms with Gasteiger partial charge in [-0.05, 0) is 270 Å². The monoisotopic (exact) mass is 1250 g/mol. The zero-order valence-electron chi connectivity index (χ0n) is 58.5. The van der Waals surface area contributed by atoms with E-state index < -0.39 is 27.6 Å². The average molecular weight is 1260 g/mol. The zero-order valence-corrected chi connectivity index (χ0v) is 58.5. The van der Waals surface area contributed by atoms with Crippen molar-refractivity contribution >= 4 is 47.8 Å². The summed E-state index contributed by atoms with van der Waals surface area (Å²) in [7, 11) is 0. The fourth-order valence-corrected chi connectivity index (χ4v) is 16.0. The molecule has 0 atom stereocenters. The summed E-state index contributed by atoms with van der Waals surface area (Å²) >= 11 is 0. The first-order valence-electron chi connectivity index (χ1n) is 35.4. The highest BCUT2D eigenvalue weighted by Crippen LogP contribution is 2.62. The molecule has 0 aromatic rings. The summed E-state index contributed by atoms with van der Waals surface area (Å²) in [5.41, 5.74) is -3.23. The molecule has 0 aromatic carbocycles. The number of carbonyl (C=O) groups is 8. The summed E-state index contributed by atoms with van der Waals surface area (Å²) in [4.78, 5) is 96.3. The molecule has 10 saturated carbocycles. The predicted octanol–water partition coefficient (Wildman–Crippen LogP) is 15.9. The molecule has 0 spiro atoms. The average Bonchev–Trinajstić information content (AvgIpc) is 1.28. The molecule has 0 saturated heterocycles. The molecule has 0 heterocycles. The first-order chi connectivity index (χ1) is 41.8. The molecule has 0 unspecified atom stereocenters. The van der Waals surface area contributed by atoms with E-state index in [0.717, 1.165) is 114 Å². The topological polar surface area (TPSA) is 210 Å². The highest BCUT2D eigenvalue weighted by Gasteiger charge is 2.60. The largest absolute Gasteiger partial charge is 0.465 e. The Labute approximate surface area is 536 Å². The molecular weight excluding hydrogens is 1130 g/mol. The van der Waals surface area contributed by atoms with Gasteiger partial charge in [0.25, 0.3) is 0 Å². The molecule has 0 aromatic heterocycles. The minimum absolute atomic E-state index is 0.112. The Morgan fingerprint density at radius 2 is 0.584 bits per heavy atom. The fourth-order valence-electron chi connectivity index (χ4n) is 16.0. The second kappa shape index (κ2) is 32.5. The van der Waals surface area contributed by atoms with Crippen LogP contribution in [0.25, 0.3) is 0 Å². The van der Waals surface area contributed by atoms with Crippen LogP contribution in [0.5, 0.6) is 0 Å². The molecule has 89 heavy (non-hydrogen) atoms. The molecule has 0 radical (unpaired) electrons. The second-order valence-electron chi connectivity index (χ2n) is 30.8. The fraction of sp³-hybridized carbons (Fsp3) is 0.890. The van der Waals surface area contributed by atoms with Crippen LogP contribution in [0.1, 0.15) is 297 Å². The van der Waals surface area contributed by atoms with Crippen molar-refractivity contribution in [3.8, 4) is 0 Å². The highest BCUT2D eigenvalue weighted by atomic mass is 16.6. The lowest BCUT2D eigenvalue weighted by atomic mass is 9.49. The maximum Gasteiger partial charge on any atom is 0.344 e. The van der Waals surface area contributed by atoms with Crippen LogP contribution in [-0.2, 0) is 76.3 Å². The van der Waals surface area contributed by atoms with E-state index in [4.69, 9.17) is 37.9 Å². The lowest BCUT2D eigenvalue weighted by Gasteiger charge is -2.60. The summed E-state index contributed by atoms with van der Waals surface area (Å²) in [6.45, 7) is 30.6. The third-order valence-corrected chi connectivity index (χ3v) is 23.4. The highest BCUT2D eigenvalue weighted by molar-refractivity contribution is 5.81. The molecule has 10 rings (SSSR count). The van der Waals surface area contributed by atoms with E-state index in [9.17, 15) is 38.4 Å². The number of ether oxygens (including phenoxy) is 8. The lowest BCUT2D eigenvalue weighted by molar-refractivity contribution is -0.215. The van der Waals surface area contributed by atoms with Crippen LogP contribution in [0.15, 0.2) is 0 Å². The van der Waals surface area contributed by atoms with Crippen LogP contribution in [0, 0.1) is 69.0 Å². The van der Waals surface area contributed by atoms with Gasteiger partial charge in [-0.15, -0.1) is 0 Å². The molecule has 16 heteroatoms. The van der Waals surface area contributed by atoms with Gasteiger partial charge in [-0.3, -0.25) is 28.8 Å². The van der Waals surface area contributed by atoms with E-state index in [1.807, 2.05) is 90.0 Å². The Balaban J connectivity index is 0.000000217. The van der Waals surface area contributed by atoms with Gasteiger partial charge >= 0.3 is 47.8 Å². The van der Waals surface area contributed by atoms with Gasteiger partial charge in [0.2, 0.25) is 0 Å². The van der Waals surface area contributed by atoms with Crippen LogP contribution in [-0.4, -0.2) is 96.6 Å². The van der Waals surface area contributed by atoms with Crippen LogP contribution in [0.2, 0.25) is 0 Å².